The number of hydrogen-bond acceptors (Lipinski definition) is 5. The van der Waals surface area contributed by atoms with Crippen LogP contribution in [0.1, 0.15) is 42.3 Å². The first-order chi connectivity index (χ1) is 13.6. The number of alkyl carbamates (subject to hydrolysis) is 1. The summed E-state index contributed by atoms with van der Waals surface area (Å²) in [5.74, 6) is 0.897. The smallest absolute Gasteiger partial charge is 0.407 e. The number of aryl methyl sites for hydroxylation is 1. The van der Waals surface area contributed by atoms with E-state index in [9.17, 15) is 9.59 Å². The summed E-state index contributed by atoms with van der Waals surface area (Å²) in [6, 6.07) is 10.5. The summed E-state index contributed by atoms with van der Waals surface area (Å²) in [4.78, 5) is 24.3. The largest absolute Gasteiger partial charge is 0.493 e. The molecule has 0 atom stereocenters. The zero-order valence-electron chi connectivity index (χ0n) is 17.7. The van der Waals surface area contributed by atoms with Crippen molar-refractivity contribution in [2.45, 2.75) is 39.8 Å². The number of carbonyl (C=O) groups excluding carboxylic acids is 2. The molecule has 0 aromatic heterocycles. The normalized spacial score (nSPS) is 10.8. The number of hydrogen-bond donors (Lipinski definition) is 2. The van der Waals surface area contributed by atoms with Crippen molar-refractivity contribution in [2.24, 2.45) is 0 Å². The molecule has 0 saturated carbocycles. The van der Waals surface area contributed by atoms with E-state index in [1.807, 2.05) is 6.92 Å². The SMILES string of the molecule is COc1cc(C)c(NC(=O)c2ccc(CNC(=O)OC(C)(C)C)cc2)cc1OC. The van der Waals surface area contributed by atoms with Crippen molar-refractivity contribution in [3.05, 3.63) is 53.1 Å². The summed E-state index contributed by atoms with van der Waals surface area (Å²) < 4.78 is 15.8. The fourth-order valence-corrected chi connectivity index (χ4v) is 2.57. The van der Waals surface area contributed by atoms with E-state index in [1.165, 1.54) is 0 Å². The molecule has 0 heterocycles. The Morgan fingerprint density at radius 2 is 1.55 bits per heavy atom. The predicted octanol–water partition coefficient (Wildman–Crippen LogP) is 4.29. The summed E-state index contributed by atoms with van der Waals surface area (Å²) in [5, 5.41) is 5.57. The van der Waals surface area contributed by atoms with Gasteiger partial charge in [-0.3, -0.25) is 4.79 Å². The summed E-state index contributed by atoms with van der Waals surface area (Å²) >= 11 is 0. The van der Waals surface area contributed by atoms with Crippen molar-refractivity contribution in [3.8, 4) is 11.5 Å². The molecule has 0 bridgehead atoms. The number of amides is 2. The highest BCUT2D eigenvalue weighted by atomic mass is 16.6. The Hall–Kier alpha value is -3.22. The van der Waals surface area contributed by atoms with Crippen LogP contribution in [0.25, 0.3) is 0 Å². The Bertz CT molecular complexity index is 870. The second-order valence-corrected chi connectivity index (χ2v) is 7.53. The maximum Gasteiger partial charge on any atom is 0.407 e. The van der Waals surface area contributed by atoms with Crippen LogP contribution in [0, 0.1) is 6.92 Å². The molecule has 0 fully saturated rings. The Balaban J connectivity index is 2.01. The lowest BCUT2D eigenvalue weighted by atomic mass is 10.1. The molecule has 0 spiro atoms. The monoisotopic (exact) mass is 400 g/mol. The van der Waals surface area contributed by atoms with Gasteiger partial charge in [0.1, 0.15) is 5.60 Å². The zero-order valence-corrected chi connectivity index (χ0v) is 17.7. The number of carbonyl (C=O) groups is 2. The fourth-order valence-electron chi connectivity index (χ4n) is 2.57. The highest BCUT2D eigenvalue weighted by molar-refractivity contribution is 6.04. The fraction of sp³-hybridized carbons (Fsp3) is 0.364. The molecule has 0 aliphatic carbocycles. The van der Waals surface area contributed by atoms with Gasteiger partial charge in [-0.25, -0.2) is 4.79 Å². The van der Waals surface area contributed by atoms with Crippen LogP contribution in [0.2, 0.25) is 0 Å². The molecule has 7 heteroatoms. The third kappa shape index (κ3) is 6.41. The summed E-state index contributed by atoms with van der Waals surface area (Å²) in [7, 11) is 3.11. The quantitative estimate of drug-likeness (QED) is 0.755. The lowest BCUT2D eigenvalue weighted by Crippen LogP contribution is -2.32. The molecule has 156 valence electrons. The van der Waals surface area contributed by atoms with Crippen LogP contribution in [-0.2, 0) is 11.3 Å². The van der Waals surface area contributed by atoms with Crippen LogP contribution >= 0.6 is 0 Å². The van der Waals surface area contributed by atoms with Gasteiger partial charge in [0, 0.05) is 23.9 Å². The Morgan fingerprint density at radius 3 is 2.10 bits per heavy atom. The molecule has 2 rings (SSSR count). The van der Waals surface area contributed by atoms with Crippen molar-refractivity contribution in [1.29, 1.82) is 0 Å². The molecule has 7 nitrogen and oxygen atoms in total. The molecule has 2 N–H and O–H groups in total. The highest BCUT2D eigenvalue weighted by Crippen LogP contribution is 2.33. The first-order valence-corrected chi connectivity index (χ1v) is 9.22. The van der Waals surface area contributed by atoms with Gasteiger partial charge in [0.05, 0.1) is 14.2 Å². The van der Waals surface area contributed by atoms with Crippen LogP contribution in [0.15, 0.2) is 36.4 Å². The summed E-state index contributed by atoms with van der Waals surface area (Å²) in [6.45, 7) is 7.61. The van der Waals surface area contributed by atoms with E-state index in [0.29, 0.717) is 29.3 Å². The minimum absolute atomic E-state index is 0.244. The van der Waals surface area contributed by atoms with Crippen molar-refractivity contribution in [2.75, 3.05) is 19.5 Å². The van der Waals surface area contributed by atoms with Crippen molar-refractivity contribution >= 4 is 17.7 Å². The minimum atomic E-state index is -0.547. The molecule has 0 unspecified atom stereocenters. The third-order valence-corrected chi connectivity index (χ3v) is 4.03. The zero-order chi connectivity index (χ0) is 21.6. The molecule has 0 radical (unpaired) electrons. The van der Waals surface area contributed by atoms with Crippen molar-refractivity contribution < 1.29 is 23.8 Å². The van der Waals surface area contributed by atoms with Gasteiger partial charge in [0.25, 0.3) is 5.91 Å². The van der Waals surface area contributed by atoms with Crippen LogP contribution < -0.4 is 20.1 Å². The topological polar surface area (TPSA) is 85.9 Å². The third-order valence-electron chi connectivity index (χ3n) is 4.03. The van der Waals surface area contributed by atoms with Crippen LogP contribution in [0.3, 0.4) is 0 Å². The molecule has 2 aromatic carbocycles. The molecule has 0 aliphatic rings. The van der Waals surface area contributed by atoms with Gasteiger partial charge in [0.15, 0.2) is 11.5 Å². The molecule has 0 saturated heterocycles. The molecular weight excluding hydrogens is 372 g/mol. The second kappa shape index (κ2) is 9.32. The minimum Gasteiger partial charge on any atom is -0.493 e. The first kappa shape index (κ1) is 22.1. The lowest BCUT2D eigenvalue weighted by Gasteiger charge is -2.19. The maximum absolute atomic E-state index is 12.6. The van der Waals surface area contributed by atoms with Gasteiger partial charge < -0.3 is 24.8 Å². The van der Waals surface area contributed by atoms with Gasteiger partial charge in [-0.2, -0.15) is 0 Å². The second-order valence-electron chi connectivity index (χ2n) is 7.53. The van der Waals surface area contributed by atoms with E-state index in [0.717, 1.165) is 11.1 Å². The van der Waals surface area contributed by atoms with Crippen LogP contribution in [-0.4, -0.2) is 31.8 Å². The molecule has 0 aliphatic heterocycles. The van der Waals surface area contributed by atoms with Crippen LogP contribution in [0.4, 0.5) is 10.5 Å². The van der Waals surface area contributed by atoms with Gasteiger partial charge >= 0.3 is 6.09 Å². The predicted molar refractivity (Wildman–Crippen MR) is 112 cm³/mol. The van der Waals surface area contributed by atoms with E-state index < -0.39 is 11.7 Å². The highest BCUT2D eigenvalue weighted by Gasteiger charge is 2.16. The van der Waals surface area contributed by atoms with Crippen LogP contribution in [0.5, 0.6) is 11.5 Å². The standard InChI is InChI=1S/C22H28N2O5/c1-14-11-18(27-5)19(28-6)12-17(14)24-20(25)16-9-7-15(8-10-16)13-23-21(26)29-22(2,3)4/h7-12H,13H2,1-6H3,(H,23,26)(H,24,25). The Morgan fingerprint density at radius 1 is 0.966 bits per heavy atom. The number of nitrogens with one attached hydrogen (secondary N) is 2. The van der Waals surface area contributed by atoms with Crippen molar-refractivity contribution in [3.63, 3.8) is 0 Å². The van der Waals surface area contributed by atoms with E-state index in [4.69, 9.17) is 14.2 Å². The molecule has 2 aromatic rings. The molecular formula is C22H28N2O5. The van der Waals surface area contributed by atoms with Gasteiger partial charge in [0.2, 0.25) is 0 Å². The Kier molecular flexibility index (Phi) is 7.09. The summed E-state index contributed by atoms with van der Waals surface area (Å²) in [6.07, 6.45) is -0.483. The molecule has 2 amide bonds. The van der Waals surface area contributed by atoms with Gasteiger partial charge in [-0.05, 0) is 57.0 Å². The number of anilines is 1. The number of methoxy groups -OCH3 is 2. The lowest BCUT2D eigenvalue weighted by molar-refractivity contribution is 0.0523. The van der Waals surface area contributed by atoms with Gasteiger partial charge in [-0.1, -0.05) is 12.1 Å². The Labute approximate surface area is 171 Å². The first-order valence-electron chi connectivity index (χ1n) is 9.22. The van der Waals surface area contributed by atoms with Crippen molar-refractivity contribution in [1.82, 2.24) is 5.32 Å². The van der Waals surface area contributed by atoms with E-state index in [2.05, 4.69) is 10.6 Å². The average molecular weight is 400 g/mol. The van der Waals surface area contributed by atoms with E-state index in [1.54, 1.807) is 71.4 Å². The average Bonchev–Trinajstić information content (AvgIpc) is 2.66. The molecule has 29 heavy (non-hydrogen) atoms. The number of benzene rings is 2. The van der Waals surface area contributed by atoms with Gasteiger partial charge in [-0.15, -0.1) is 0 Å². The summed E-state index contributed by atoms with van der Waals surface area (Å²) in [5.41, 5.74) is 2.31. The van der Waals surface area contributed by atoms with E-state index >= 15 is 0 Å². The maximum atomic E-state index is 12.6. The number of ether oxygens (including phenoxy) is 3. The van der Waals surface area contributed by atoms with E-state index in [-0.39, 0.29) is 5.91 Å². The number of rotatable bonds is 6.